The third-order valence-electron chi connectivity index (χ3n) is 4.41. The number of carbonyl (C=O) groups excluding carboxylic acids is 1. The van der Waals surface area contributed by atoms with Crippen LogP contribution in [0.2, 0.25) is 0 Å². The number of hydrogen-bond acceptors (Lipinski definition) is 1. The highest BCUT2D eigenvalue weighted by atomic mass is 79.9. The van der Waals surface area contributed by atoms with E-state index in [4.69, 9.17) is 0 Å². The molecule has 2 fully saturated rings. The molecule has 0 spiro atoms. The van der Waals surface area contributed by atoms with Crippen molar-refractivity contribution in [2.45, 2.75) is 49.5 Å². The molecule has 20 heavy (non-hydrogen) atoms. The zero-order valence-corrected chi connectivity index (χ0v) is 12.8. The number of carbonyl (C=O) groups is 1. The average Bonchev–Trinajstić information content (AvgIpc) is 2.67. The molecular weight excluding hydrogens is 328 g/mol. The molecule has 108 valence electrons. The Balaban J connectivity index is 1.96. The van der Waals surface area contributed by atoms with E-state index < -0.39 is 23.1 Å². The highest BCUT2D eigenvalue weighted by Crippen LogP contribution is 2.39. The number of nitrogens with zero attached hydrogens (tertiary/aromatic N) is 1. The van der Waals surface area contributed by atoms with Gasteiger partial charge in [-0.3, -0.25) is 4.79 Å². The van der Waals surface area contributed by atoms with Gasteiger partial charge in [-0.25, -0.2) is 8.78 Å². The van der Waals surface area contributed by atoms with Gasteiger partial charge in [0.05, 0.1) is 0 Å². The van der Waals surface area contributed by atoms with Crippen LogP contribution in [0.4, 0.5) is 8.78 Å². The van der Waals surface area contributed by atoms with Crippen LogP contribution in [0.5, 0.6) is 0 Å². The Labute approximate surface area is 125 Å². The number of rotatable bonds is 1. The van der Waals surface area contributed by atoms with Crippen molar-refractivity contribution in [3.63, 3.8) is 0 Å². The molecule has 0 aliphatic carbocycles. The molecule has 1 aromatic rings. The van der Waals surface area contributed by atoms with Crippen LogP contribution < -0.4 is 0 Å². The fraction of sp³-hybridized carbons (Fsp3) is 0.533. The van der Waals surface area contributed by atoms with E-state index in [1.54, 1.807) is 11.8 Å². The van der Waals surface area contributed by atoms with Crippen molar-refractivity contribution >= 4 is 21.8 Å². The van der Waals surface area contributed by atoms with Gasteiger partial charge in [-0.05, 0) is 44.2 Å². The van der Waals surface area contributed by atoms with Crippen LogP contribution in [0.1, 0.15) is 41.6 Å². The SMILES string of the molecule is Cc1ccc(F)c(C(=O)N2C3CCC2CC(Br)C3)c1F. The van der Waals surface area contributed by atoms with Crippen LogP contribution in [0.25, 0.3) is 0 Å². The molecule has 2 unspecified atom stereocenters. The van der Waals surface area contributed by atoms with Gasteiger partial charge in [-0.15, -0.1) is 0 Å². The van der Waals surface area contributed by atoms with Gasteiger partial charge in [0, 0.05) is 16.9 Å². The molecule has 0 radical (unpaired) electrons. The molecule has 5 heteroatoms. The number of benzene rings is 1. The molecule has 2 bridgehead atoms. The third kappa shape index (κ3) is 2.16. The number of piperidine rings is 1. The fourth-order valence-electron chi connectivity index (χ4n) is 3.42. The van der Waals surface area contributed by atoms with Crippen molar-refractivity contribution in [3.05, 3.63) is 34.9 Å². The lowest BCUT2D eigenvalue weighted by Crippen LogP contribution is -2.47. The van der Waals surface area contributed by atoms with Gasteiger partial charge in [0.2, 0.25) is 0 Å². The summed E-state index contributed by atoms with van der Waals surface area (Å²) in [6, 6.07) is 2.74. The molecular formula is C15H16BrF2NO. The highest BCUT2D eigenvalue weighted by Gasteiger charge is 2.43. The van der Waals surface area contributed by atoms with Gasteiger partial charge >= 0.3 is 0 Å². The minimum Gasteiger partial charge on any atom is -0.332 e. The number of amides is 1. The van der Waals surface area contributed by atoms with Crippen LogP contribution in [0, 0.1) is 18.6 Å². The molecule has 0 N–H and O–H groups in total. The molecule has 2 saturated heterocycles. The molecule has 1 aromatic carbocycles. The van der Waals surface area contributed by atoms with Gasteiger partial charge in [0.15, 0.2) is 0 Å². The molecule has 0 saturated carbocycles. The third-order valence-corrected chi connectivity index (χ3v) is 5.16. The first-order valence-electron chi connectivity index (χ1n) is 6.90. The monoisotopic (exact) mass is 343 g/mol. The molecule has 2 nitrogen and oxygen atoms in total. The molecule has 2 heterocycles. The predicted molar refractivity (Wildman–Crippen MR) is 76.0 cm³/mol. The second-order valence-electron chi connectivity index (χ2n) is 5.72. The van der Waals surface area contributed by atoms with Gasteiger partial charge in [0.1, 0.15) is 17.2 Å². The topological polar surface area (TPSA) is 20.3 Å². The predicted octanol–water partition coefficient (Wildman–Crippen LogP) is 3.80. The van der Waals surface area contributed by atoms with E-state index in [1.165, 1.54) is 12.1 Å². The maximum absolute atomic E-state index is 14.1. The zero-order valence-electron chi connectivity index (χ0n) is 11.2. The maximum Gasteiger partial charge on any atom is 0.260 e. The van der Waals surface area contributed by atoms with Crippen molar-refractivity contribution in [1.29, 1.82) is 0 Å². The molecule has 0 aromatic heterocycles. The molecule has 1 amide bonds. The van der Waals surface area contributed by atoms with Crippen LogP contribution >= 0.6 is 15.9 Å². The Morgan fingerprint density at radius 3 is 2.45 bits per heavy atom. The molecule has 2 aliphatic rings. The lowest BCUT2D eigenvalue weighted by molar-refractivity contribution is 0.0593. The van der Waals surface area contributed by atoms with E-state index in [-0.39, 0.29) is 12.1 Å². The fourth-order valence-corrected chi connectivity index (χ4v) is 4.29. The number of fused-ring (bicyclic) bond motifs is 2. The standard InChI is InChI=1S/C15H16BrF2NO/c1-8-2-5-12(17)13(14(8)18)15(20)19-10-3-4-11(19)7-9(16)6-10/h2,5,9-11H,3-4,6-7H2,1H3. The van der Waals surface area contributed by atoms with E-state index in [9.17, 15) is 13.6 Å². The number of alkyl halides is 1. The summed E-state index contributed by atoms with van der Waals surface area (Å²) >= 11 is 3.60. The Kier molecular flexibility index (Phi) is 3.56. The van der Waals surface area contributed by atoms with Crippen molar-refractivity contribution in [3.8, 4) is 0 Å². The lowest BCUT2D eigenvalue weighted by atomic mass is 10.00. The van der Waals surface area contributed by atoms with Crippen molar-refractivity contribution in [2.24, 2.45) is 0 Å². The van der Waals surface area contributed by atoms with Crippen LogP contribution in [-0.2, 0) is 0 Å². The summed E-state index contributed by atoms with van der Waals surface area (Å²) in [4.78, 5) is 14.7. The number of hydrogen-bond donors (Lipinski definition) is 0. The van der Waals surface area contributed by atoms with E-state index in [1.807, 2.05) is 0 Å². The maximum atomic E-state index is 14.1. The Bertz CT molecular complexity index is 549. The van der Waals surface area contributed by atoms with E-state index in [2.05, 4.69) is 15.9 Å². The summed E-state index contributed by atoms with van der Waals surface area (Å²) in [5, 5.41) is 0. The van der Waals surface area contributed by atoms with Gasteiger partial charge in [-0.1, -0.05) is 22.0 Å². The van der Waals surface area contributed by atoms with Crippen LogP contribution in [0.15, 0.2) is 12.1 Å². The zero-order chi connectivity index (χ0) is 14.4. The second-order valence-corrected chi connectivity index (χ2v) is 7.01. The van der Waals surface area contributed by atoms with Gasteiger partial charge < -0.3 is 4.90 Å². The van der Waals surface area contributed by atoms with Gasteiger partial charge in [-0.2, -0.15) is 0 Å². The number of aryl methyl sites for hydroxylation is 1. The Hall–Kier alpha value is -0.970. The number of halogens is 3. The molecule has 2 atom stereocenters. The largest absolute Gasteiger partial charge is 0.332 e. The molecule has 3 rings (SSSR count). The van der Waals surface area contributed by atoms with E-state index >= 15 is 0 Å². The van der Waals surface area contributed by atoms with Crippen LogP contribution in [-0.4, -0.2) is 27.7 Å². The summed E-state index contributed by atoms with van der Waals surface area (Å²) in [6.45, 7) is 1.55. The first-order chi connectivity index (χ1) is 9.49. The summed E-state index contributed by atoms with van der Waals surface area (Å²) in [6.07, 6.45) is 3.57. The Morgan fingerprint density at radius 1 is 1.25 bits per heavy atom. The summed E-state index contributed by atoms with van der Waals surface area (Å²) in [7, 11) is 0. The summed E-state index contributed by atoms with van der Waals surface area (Å²) in [5.41, 5.74) is -0.0904. The minimum absolute atomic E-state index is 0.102. The Morgan fingerprint density at radius 2 is 1.85 bits per heavy atom. The smallest absolute Gasteiger partial charge is 0.260 e. The highest BCUT2D eigenvalue weighted by molar-refractivity contribution is 9.09. The first kappa shape index (κ1) is 14.0. The van der Waals surface area contributed by atoms with E-state index in [0.29, 0.717) is 10.4 Å². The minimum atomic E-state index is -0.765. The van der Waals surface area contributed by atoms with Crippen LogP contribution in [0.3, 0.4) is 0 Å². The lowest BCUT2D eigenvalue weighted by Gasteiger charge is -2.37. The van der Waals surface area contributed by atoms with Crippen molar-refractivity contribution in [2.75, 3.05) is 0 Å². The molecule has 2 aliphatic heterocycles. The quantitative estimate of drug-likeness (QED) is 0.710. The van der Waals surface area contributed by atoms with E-state index in [0.717, 1.165) is 25.7 Å². The normalized spacial score (nSPS) is 28.8. The van der Waals surface area contributed by atoms with Crippen molar-refractivity contribution in [1.82, 2.24) is 4.90 Å². The van der Waals surface area contributed by atoms with Gasteiger partial charge in [0.25, 0.3) is 5.91 Å². The van der Waals surface area contributed by atoms with Crippen molar-refractivity contribution < 1.29 is 13.6 Å². The summed E-state index contributed by atoms with van der Waals surface area (Å²) < 4.78 is 28.0. The summed E-state index contributed by atoms with van der Waals surface area (Å²) in [5.74, 6) is -1.98. The average molecular weight is 344 g/mol. The first-order valence-corrected chi connectivity index (χ1v) is 7.82. The second kappa shape index (κ2) is 5.10.